The molecule has 0 unspecified atom stereocenters. The van der Waals surface area contributed by atoms with Gasteiger partial charge >= 0.3 is 0 Å². The van der Waals surface area contributed by atoms with Crippen LogP contribution in [0.3, 0.4) is 0 Å². The Balaban J connectivity index is 1.58. The molecule has 0 aromatic heterocycles. The van der Waals surface area contributed by atoms with Crippen LogP contribution in [0.25, 0.3) is 11.1 Å². The third-order valence-corrected chi connectivity index (χ3v) is 5.80. The van der Waals surface area contributed by atoms with Crippen LogP contribution in [-0.4, -0.2) is 0 Å². The van der Waals surface area contributed by atoms with Gasteiger partial charge in [0.25, 0.3) is 0 Å². The van der Waals surface area contributed by atoms with Crippen molar-refractivity contribution in [3.63, 3.8) is 0 Å². The van der Waals surface area contributed by atoms with E-state index in [0.29, 0.717) is 0 Å². The molecule has 2 aromatic rings. The fourth-order valence-corrected chi connectivity index (χ4v) is 4.20. The molecule has 0 heteroatoms. The smallest absolute Gasteiger partial charge is 0.0162 e. The number of allylic oxidation sites excluding steroid dienone is 3. The molecule has 1 aliphatic carbocycles. The van der Waals surface area contributed by atoms with Gasteiger partial charge in [-0.15, -0.1) is 0 Å². The van der Waals surface area contributed by atoms with Gasteiger partial charge in [-0.05, 0) is 72.6 Å². The van der Waals surface area contributed by atoms with Crippen molar-refractivity contribution in [2.75, 3.05) is 0 Å². The molecule has 0 aliphatic heterocycles. The lowest BCUT2D eigenvalue weighted by Crippen LogP contribution is -2.12. The van der Waals surface area contributed by atoms with E-state index in [9.17, 15) is 0 Å². The summed E-state index contributed by atoms with van der Waals surface area (Å²) >= 11 is 0. The van der Waals surface area contributed by atoms with Gasteiger partial charge in [-0.25, -0.2) is 0 Å². The average Bonchev–Trinajstić information content (AvgIpc) is 2.70. The van der Waals surface area contributed by atoms with E-state index in [2.05, 4.69) is 74.2 Å². The minimum atomic E-state index is 0.746. The van der Waals surface area contributed by atoms with Crippen LogP contribution in [0.15, 0.2) is 73.3 Å². The Morgan fingerprint density at radius 1 is 0.885 bits per heavy atom. The fourth-order valence-electron chi connectivity index (χ4n) is 4.20. The van der Waals surface area contributed by atoms with Gasteiger partial charge in [-0.2, -0.15) is 0 Å². The highest BCUT2D eigenvalue weighted by Crippen LogP contribution is 2.37. The van der Waals surface area contributed by atoms with Gasteiger partial charge < -0.3 is 0 Å². The Morgan fingerprint density at radius 2 is 1.50 bits per heavy atom. The summed E-state index contributed by atoms with van der Waals surface area (Å²) in [5, 5.41) is 0. The maximum Gasteiger partial charge on any atom is -0.0162 e. The fraction of sp³-hybridized carbons (Fsp3) is 0.385. The summed E-state index contributed by atoms with van der Waals surface area (Å²) in [4.78, 5) is 0. The number of rotatable bonds is 7. The van der Waals surface area contributed by atoms with Crippen molar-refractivity contribution in [1.29, 1.82) is 0 Å². The lowest BCUT2D eigenvalue weighted by molar-refractivity contribution is 0.328. The van der Waals surface area contributed by atoms with Gasteiger partial charge in [-0.1, -0.05) is 86.7 Å². The summed E-state index contributed by atoms with van der Waals surface area (Å²) in [6.07, 6.45) is 15.2. The van der Waals surface area contributed by atoms with Crippen LogP contribution in [-0.2, 0) is 6.42 Å². The standard InChI is InChI=1S/C26H32/c1-3-5-6-8-22-11-15-24(16-12-22)26-19-17-25(18-20-26)23-13-9-21(7-4-2)10-14-23/h3,5-6,9-10,13-14,17-20,22,24H,1,4,7-8,11-12,15-16H2,2H3/b6-5+. The van der Waals surface area contributed by atoms with Crippen LogP contribution < -0.4 is 0 Å². The predicted molar refractivity (Wildman–Crippen MR) is 115 cm³/mol. The summed E-state index contributed by atoms with van der Waals surface area (Å²) < 4.78 is 0. The Bertz CT molecular complexity index is 695. The Morgan fingerprint density at radius 3 is 2.08 bits per heavy atom. The number of benzene rings is 2. The molecule has 26 heavy (non-hydrogen) atoms. The molecule has 0 heterocycles. The highest BCUT2D eigenvalue weighted by Gasteiger charge is 2.21. The first-order valence-corrected chi connectivity index (χ1v) is 10.3. The van der Waals surface area contributed by atoms with Gasteiger partial charge in [0.15, 0.2) is 0 Å². The van der Waals surface area contributed by atoms with Gasteiger partial charge in [-0.3, -0.25) is 0 Å². The SMILES string of the molecule is C=C/C=C/CC1CCC(c2ccc(-c3ccc(CCC)cc3)cc2)CC1. The molecule has 1 fully saturated rings. The van der Waals surface area contributed by atoms with E-state index in [-0.39, 0.29) is 0 Å². The van der Waals surface area contributed by atoms with Crippen molar-refractivity contribution in [3.8, 4) is 11.1 Å². The number of hydrogen-bond donors (Lipinski definition) is 0. The largest absolute Gasteiger partial charge is 0.0991 e. The molecule has 136 valence electrons. The first-order valence-electron chi connectivity index (χ1n) is 10.3. The Hall–Kier alpha value is -2.08. The normalized spacial score (nSPS) is 20.3. The monoisotopic (exact) mass is 344 g/mol. The molecule has 1 saturated carbocycles. The summed E-state index contributed by atoms with van der Waals surface area (Å²) in [5.74, 6) is 1.61. The van der Waals surface area contributed by atoms with Crippen molar-refractivity contribution in [2.45, 2.75) is 57.8 Å². The maximum atomic E-state index is 3.75. The second kappa shape index (κ2) is 9.57. The van der Waals surface area contributed by atoms with E-state index < -0.39 is 0 Å². The van der Waals surface area contributed by atoms with E-state index in [0.717, 1.165) is 11.8 Å². The molecule has 0 spiro atoms. The van der Waals surface area contributed by atoms with Crippen molar-refractivity contribution >= 4 is 0 Å². The van der Waals surface area contributed by atoms with Gasteiger partial charge in [0.1, 0.15) is 0 Å². The molecule has 1 aliphatic rings. The van der Waals surface area contributed by atoms with Gasteiger partial charge in [0.05, 0.1) is 0 Å². The van der Waals surface area contributed by atoms with Crippen molar-refractivity contribution in [1.82, 2.24) is 0 Å². The Labute approximate surface area is 159 Å². The third kappa shape index (κ3) is 4.97. The minimum absolute atomic E-state index is 0.746. The molecule has 0 N–H and O–H groups in total. The summed E-state index contributed by atoms with van der Waals surface area (Å²) in [6.45, 7) is 5.98. The molecular weight excluding hydrogens is 312 g/mol. The third-order valence-electron chi connectivity index (χ3n) is 5.80. The van der Waals surface area contributed by atoms with Crippen molar-refractivity contribution in [2.24, 2.45) is 5.92 Å². The van der Waals surface area contributed by atoms with Crippen molar-refractivity contribution in [3.05, 3.63) is 84.5 Å². The highest BCUT2D eigenvalue weighted by atomic mass is 14.3. The van der Waals surface area contributed by atoms with E-state index in [1.165, 1.54) is 67.2 Å². The lowest BCUT2D eigenvalue weighted by Gasteiger charge is -2.28. The highest BCUT2D eigenvalue weighted by molar-refractivity contribution is 5.64. The van der Waals surface area contributed by atoms with Crippen LogP contribution in [0, 0.1) is 5.92 Å². The Kier molecular flexibility index (Phi) is 6.89. The zero-order valence-corrected chi connectivity index (χ0v) is 16.2. The average molecular weight is 345 g/mol. The van der Waals surface area contributed by atoms with Gasteiger partial charge in [0, 0.05) is 0 Å². The molecule has 3 rings (SSSR count). The zero-order valence-electron chi connectivity index (χ0n) is 16.2. The molecule has 0 amide bonds. The second-order valence-electron chi connectivity index (χ2n) is 7.69. The predicted octanol–water partition coefficient (Wildman–Crippen LogP) is 7.71. The quantitative estimate of drug-likeness (QED) is 0.451. The molecule has 0 nitrogen and oxygen atoms in total. The van der Waals surface area contributed by atoms with E-state index in [1.54, 1.807) is 0 Å². The summed E-state index contributed by atoms with van der Waals surface area (Å²) in [6, 6.07) is 18.4. The van der Waals surface area contributed by atoms with E-state index in [1.807, 2.05) is 6.08 Å². The van der Waals surface area contributed by atoms with Gasteiger partial charge in [0.2, 0.25) is 0 Å². The lowest BCUT2D eigenvalue weighted by atomic mass is 9.77. The van der Waals surface area contributed by atoms with Crippen LogP contribution in [0.1, 0.15) is 62.5 Å². The van der Waals surface area contributed by atoms with Crippen LogP contribution in [0.2, 0.25) is 0 Å². The molecule has 0 radical (unpaired) electrons. The van der Waals surface area contributed by atoms with Crippen molar-refractivity contribution < 1.29 is 0 Å². The van der Waals surface area contributed by atoms with E-state index >= 15 is 0 Å². The van der Waals surface area contributed by atoms with E-state index in [4.69, 9.17) is 0 Å². The van der Waals surface area contributed by atoms with Crippen LogP contribution in [0.4, 0.5) is 0 Å². The van der Waals surface area contributed by atoms with Crippen LogP contribution >= 0.6 is 0 Å². The number of hydrogen-bond acceptors (Lipinski definition) is 0. The summed E-state index contributed by atoms with van der Waals surface area (Å²) in [5.41, 5.74) is 5.62. The first kappa shape index (κ1) is 18.7. The molecule has 0 atom stereocenters. The molecule has 0 bridgehead atoms. The first-order chi connectivity index (χ1) is 12.8. The number of aryl methyl sites for hydroxylation is 1. The van der Waals surface area contributed by atoms with Crippen LogP contribution in [0.5, 0.6) is 0 Å². The molecular formula is C26H32. The second-order valence-corrected chi connectivity index (χ2v) is 7.69. The molecule has 0 saturated heterocycles. The molecule has 2 aromatic carbocycles. The zero-order chi connectivity index (χ0) is 18.2. The summed E-state index contributed by atoms with van der Waals surface area (Å²) in [7, 11) is 0. The maximum absolute atomic E-state index is 3.75. The topological polar surface area (TPSA) is 0 Å². The minimum Gasteiger partial charge on any atom is -0.0991 e.